The molecule has 0 saturated heterocycles. The number of allylic oxidation sites excluding steroid dienone is 2. The number of hydrogen-bond acceptors (Lipinski definition) is 7. The topological polar surface area (TPSA) is 120 Å². The maximum Gasteiger partial charge on any atom is 0.328 e. The molecule has 2 aliphatic rings. The molecule has 3 atom stereocenters. The van der Waals surface area contributed by atoms with Crippen LogP contribution in [0.1, 0.15) is 31.7 Å². The van der Waals surface area contributed by atoms with Crippen molar-refractivity contribution in [3.05, 3.63) is 65.1 Å². The van der Waals surface area contributed by atoms with Crippen LogP contribution in [0.2, 0.25) is 0 Å². The zero-order valence-electron chi connectivity index (χ0n) is 18.9. The maximum atomic E-state index is 12.6. The monoisotopic (exact) mass is 451 g/mol. The Morgan fingerprint density at radius 3 is 2.76 bits per heavy atom. The fourth-order valence-corrected chi connectivity index (χ4v) is 3.99. The molecule has 0 radical (unpaired) electrons. The highest BCUT2D eigenvalue weighted by atomic mass is 16.5. The van der Waals surface area contributed by atoms with E-state index in [1.807, 2.05) is 31.2 Å². The van der Waals surface area contributed by atoms with Gasteiger partial charge in [-0.15, -0.1) is 0 Å². The third-order valence-electron chi connectivity index (χ3n) is 5.72. The number of para-hydroxylation sites is 1. The van der Waals surface area contributed by atoms with Crippen molar-refractivity contribution >= 4 is 23.5 Å². The van der Waals surface area contributed by atoms with Crippen LogP contribution < -0.4 is 16.4 Å². The van der Waals surface area contributed by atoms with Gasteiger partial charge < -0.3 is 25.8 Å². The lowest BCUT2D eigenvalue weighted by Gasteiger charge is -2.29. The molecule has 1 aliphatic carbocycles. The Labute approximate surface area is 193 Å². The number of nitrogens with one attached hydrogen (secondary N) is 2. The van der Waals surface area contributed by atoms with Crippen molar-refractivity contribution < 1.29 is 23.9 Å². The summed E-state index contributed by atoms with van der Waals surface area (Å²) in [4.78, 5) is 37.0. The van der Waals surface area contributed by atoms with Gasteiger partial charge in [-0.1, -0.05) is 36.6 Å². The predicted molar refractivity (Wildman–Crippen MR) is 123 cm³/mol. The van der Waals surface area contributed by atoms with Crippen LogP contribution in [0, 0.1) is 0 Å². The van der Waals surface area contributed by atoms with Crippen molar-refractivity contribution in [2.45, 2.75) is 43.7 Å². The molecule has 0 spiro atoms. The molecule has 1 aromatic rings. The lowest BCUT2D eigenvalue weighted by atomic mass is 9.79. The number of fused-ring (bicyclic) bond motifs is 1. The largest absolute Gasteiger partial charge is 0.467 e. The Bertz CT molecular complexity index is 1050. The first-order chi connectivity index (χ1) is 15.8. The number of carbonyl (C=O) groups is 3. The summed E-state index contributed by atoms with van der Waals surface area (Å²) in [7, 11) is 1.29. The fraction of sp³-hybridized carbons (Fsp3) is 0.400. The zero-order chi connectivity index (χ0) is 23.8. The molecule has 0 bridgehead atoms. The van der Waals surface area contributed by atoms with E-state index < -0.39 is 29.9 Å². The molecule has 1 aliphatic heterocycles. The van der Waals surface area contributed by atoms with Crippen LogP contribution in [-0.2, 0) is 29.3 Å². The van der Waals surface area contributed by atoms with Gasteiger partial charge >= 0.3 is 11.9 Å². The van der Waals surface area contributed by atoms with Gasteiger partial charge in [0.25, 0.3) is 0 Å². The number of hydrogen-bond donors (Lipinski definition) is 3. The standard InChI is InChI=1S/C25H29N3O5/c1-25(16-27-20-11-7-6-10-19(20)25)14-21(24(31)32-2)28-22(29)12-18(26)13-23(30)33-15-17-8-4-3-5-9-17/h4,6-11,18,21,27H,12-16,26H2,1-2H3,(H,28,29)/t18?,21-,25?/m0/s1. The van der Waals surface area contributed by atoms with Crippen molar-refractivity contribution in [1.29, 1.82) is 0 Å². The summed E-state index contributed by atoms with van der Waals surface area (Å²) >= 11 is 0. The van der Waals surface area contributed by atoms with E-state index in [0.717, 1.165) is 16.8 Å². The molecule has 1 heterocycles. The third kappa shape index (κ3) is 6.46. The van der Waals surface area contributed by atoms with Crippen LogP contribution in [0.15, 0.2) is 59.5 Å². The summed E-state index contributed by atoms with van der Waals surface area (Å²) in [5.41, 5.74) is 14.1. The molecule has 4 N–H and O–H groups in total. The highest BCUT2D eigenvalue weighted by Gasteiger charge is 2.39. The van der Waals surface area contributed by atoms with Crippen LogP contribution in [0.4, 0.5) is 5.69 Å². The molecule has 0 fully saturated rings. The quantitative estimate of drug-likeness (QED) is 0.367. The second-order valence-electron chi connectivity index (χ2n) is 8.48. The van der Waals surface area contributed by atoms with Gasteiger partial charge in [-0.2, -0.15) is 0 Å². The minimum atomic E-state index is -0.842. The molecule has 174 valence electrons. The lowest BCUT2D eigenvalue weighted by Crippen LogP contribution is -2.47. The molecule has 0 aromatic heterocycles. The van der Waals surface area contributed by atoms with E-state index in [0.29, 0.717) is 13.0 Å². The maximum absolute atomic E-state index is 12.6. The summed E-state index contributed by atoms with van der Waals surface area (Å²) in [6, 6.07) is 6.31. The van der Waals surface area contributed by atoms with Gasteiger partial charge in [0.1, 0.15) is 12.6 Å². The van der Waals surface area contributed by atoms with Crippen molar-refractivity contribution in [2.24, 2.45) is 5.73 Å². The first-order valence-corrected chi connectivity index (χ1v) is 10.8. The predicted octanol–water partition coefficient (Wildman–Crippen LogP) is 1.87. The second kappa shape index (κ2) is 10.8. The molecular formula is C25H29N3O5. The summed E-state index contributed by atoms with van der Waals surface area (Å²) in [5, 5.41) is 6.08. The van der Waals surface area contributed by atoms with E-state index in [1.54, 1.807) is 18.2 Å². The normalized spacial score (nSPS) is 19.7. The van der Waals surface area contributed by atoms with Crippen LogP contribution in [0.3, 0.4) is 0 Å². The van der Waals surface area contributed by atoms with Gasteiger partial charge in [-0.05, 0) is 41.9 Å². The molecule has 2 unspecified atom stereocenters. The van der Waals surface area contributed by atoms with Gasteiger partial charge in [0, 0.05) is 30.1 Å². The van der Waals surface area contributed by atoms with Crippen molar-refractivity contribution in [2.75, 3.05) is 25.6 Å². The average Bonchev–Trinajstić information content (AvgIpc) is 3.14. The molecule has 1 amide bonds. The summed E-state index contributed by atoms with van der Waals surface area (Å²) in [6.45, 7) is 2.78. The van der Waals surface area contributed by atoms with E-state index in [4.69, 9.17) is 15.2 Å². The second-order valence-corrected chi connectivity index (χ2v) is 8.48. The van der Waals surface area contributed by atoms with Crippen LogP contribution >= 0.6 is 0 Å². The molecule has 0 saturated carbocycles. The van der Waals surface area contributed by atoms with Gasteiger partial charge in [-0.3, -0.25) is 9.59 Å². The highest BCUT2D eigenvalue weighted by molar-refractivity contribution is 5.85. The average molecular weight is 452 g/mol. The van der Waals surface area contributed by atoms with E-state index >= 15 is 0 Å². The first-order valence-electron chi connectivity index (χ1n) is 10.8. The fourth-order valence-electron chi connectivity index (χ4n) is 3.99. The van der Waals surface area contributed by atoms with Crippen LogP contribution in [-0.4, -0.2) is 50.2 Å². The lowest BCUT2D eigenvalue weighted by molar-refractivity contribution is -0.146. The zero-order valence-corrected chi connectivity index (χ0v) is 18.9. The SMILES string of the molecule is COC(=O)[C@H](CC1(C)CNc2ccccc21)NC(=O)CC(N)CC(=O)OCC1=CC=C=C=C1. The summed E-state index contributed by atoms with van der Waals surface area (Å²) < 4.78 is 10.1. The van der Waals surface area contributed by atoms with E-state index in [1.165, 1.54) is 7.11 Å². The van der Waals surface area contributed by atoms with Gasteiger partial charge in [-0.25, -0.2) is 4.79 Å². The molecule has 8 heteroatoms. The number of methoxy groups -OCH3 is 1. The Hall–Kier alpha value is -3.57. The van der Waals surface area contributed by atoms with Crippen LogP contribution in [0.5, 0.6) is 0 Å². The summed E-state index contributed by atoms with van der Waals surface area (Å²) in [6.07, 6.45) is 5.24. The van der Waals surface area contributed by atoms with Gasteiger partial charge in [0.2, 0.25) is 5.91 Å². The number of benzene rings is 1. The Kier molecular flexibility index (Phi) is 7.91. The van der Waals surface area contributed by atoms with E-state index in [9.17, 15) is 14.4 Å². The molecular weight excluding hydrogens is 422 g/mol. The molecule has 1 aromatic carbocycles. The van der Waals surface area contributed by atoms with E-state index in [2.05, 4.69) is 22.1 Å². The Balaban J connectivity index is 1.52. The van der Waals surface area contributed by atoms with Crippen molar-refractivity contribution in [1.82, 2.24) is 5.32 Å². The van der Waals surface area contributed by atoms with Crippen LogP contribution in [0.25, 0.3) is 0 Å². The Morgan fingerprint density at radius 1 is 1.24 bits per heavy atom. The smallest absolute Gasteiger partial charge is 0.328 e. The Morgan fingerprint density at radius 2 is 2.03 bits per heavy atom. The first kappa shape index (κ1) is 24.1. The van der Waals surface area contributed by atoms with E-state index in [-0.39, 0.29) is 24.9 Å². The minimum Gasteiger partial charge on any atom is -0.467 e. The number of rotatable bonds is 10. The highest BCUT2D eigenvalue weighted by Crippen LogP contribution is 2.39. The number of esters is 2. The van der Waals surface area contributed by atoms with Crippen molar-refractivity contribution in [3.8, 4) is 0 Å². The minimum absolute atomic E-state index is 0.0986. The number of anilines is 1. The number of ether oxygens (including phenoxy) is 2. The molecule has 3 rings (SSSR count). The third-order valence-corrected chi connectivity index (χ3v) is 5.72. The van der Waals surface area contributed by atoms with Gasteiger partial charge in [0.15, 0.2) is 0 Å². The number of nitrogens with two attached hydrogens (primary N) is 1. The summed E-state index contributed by atoms with van der Waals surface area (Å²) in [5.74, 6) is -1.46. The molecule has 8 nitrogen and oxygen atoms in total. The number of amides is 1. The van der Waals surface area contributed by atoms with Gasteiger partial charge in [0.05, 0.1) is 13.5 Å². The number of carbonyl (C=O) groups excluding carboxylic acids is 3. The van der Waals surface area contributed by atoms with Crippen molar-refractivity contribution in [3.63, 3.8) is 0 Å². The molecule has 33 heavy (non-hydrogen) atoms.